The summed E-state index contributed by atoms with van der Waals surface area (Å²) in [5, 5.41) is 5.72. The fourth-order valence-electron chi connectivity index (χ4n) is 1.39. The molecule has 1 aromatic heterocycles. The molecule has 2 aromatic rings. The zero-order valence-electron chi connectivity index (χ0n) is 9.17. The Balaban J connectivity index is 2.25. The molecule has 2 N–H and O–H groups in total. The van der Waals surface area contributed by atoms with Crippen LogP contribution in [0.3, 0.4) is 0 Å². The number of anilines is 3. The normalized spacial score (nSPS) is 10.1. The molecule has 0 saturated carbocycles. The molecule has 1 heterocycles. The molecular formula is C12H11F2N3. The second-order valence-electron chi connectivity index (χ2n) is 3.43. The third-order valence-electron chi connectivity index (χ3n) is 2.23. The third kappa shape index (κ3) is 2.69. The predicted octanol–water partition coefficient (Wildman–Crippen LogP) is 3.15. The second-order valence-corrected chi connectivity index (χ2v) is 3.43. The average molecular weight is 235 g/mol. The summed E-state index contributed by atoms with van der Waals surface area (Å²) < 4.78 is 26.1. The minimum Gasteiger partial charge on any atom is -0.373 e. The molecule has 0 amide bonds. The van der Waals surface area contributed by atoms with Gasteiger partial charge in [-0.25, -0.2) is 13.8 Å². The summed E-state index contributed by atoms with van der Waals surface area (Å²) in [4.78, 5) is 4.03. The molecule has 5 heteroatoms. The maximum Gasteiger partial charge on any atom is 0.149 e. The Bertz CT molecular complexity index is 529. The monoisotopic (exact) mass is 235 g/mol. The van der Waals surface area contributed by atoms with Gasteiger partial charge in [-0.1, -0.05) is 0 Å². The first-order chi connectivity index (χ1) is 8.19. The average Bonchev–Trinajstić information content (AvgIpc) is 2.33. The Labute approximate surface area is 97.5 Å². The number of halogens is 2. The van der Waals surface area contributed by atoms with Crippen molar-refractivity contribution in [1.82, 2.24) is 4.98 Å². The van der Waals surface area contributed by atoms with Crippen LogP contribution in [0.1, 0.15) is 0 Å². The van der Waals surface area contributed by atoms with E-state index in [-0.39, 0.29) is 5.69 Å². The van der Waals surface area contributed by atoms with Crippen molar-refractivity contribution in [3.05, 3.63) is 48.2 Å². The molecule has 1 aromatic carbocycles. The lowest BCUT2D eigenvalue weighted by molar-refractivity contribution is 0.586. The van der Waals surface area contributed by atoms with Gasteiger partial charge in [-0.3, -0.25) is 0 Å². The Kier molecular flexibility index (Phi) is 3.18. The highest BCUT2D eigenvalue weighted by atomic mass is 19.1. The Morgan fingerprint density at radius 2 is 1.94 bits per heavy atom. The molecule has 3 nitrogen and oxygen atoms in total. The summed E-state index contributed by atoms with van der Waals surface area (Å²) in [5.41, 5.74) is 0.898. The summed E-state index contributed by atoms with van der Waals surface area (Å²) in [7, 11) is 1.74. The van der Waals surface area contributed by atoms with E-state index >= 15 is 0 Å². The molecular weight excluding hydrogens is 224 g/mol. The van der Waals surface area contributed by atoms with Crippen molar-refractivity contribution in [1.29, 1.82) is 0 Å². The fraction of sp³-hybridized carbons (Fsp3) is 0.0833. The molecule has 0 spiro atoms. The lowest BCUT2D eigenvalue weighted by atomic mass is 10.2. The summed E-state index contributed by atoms with van der Waals surface area (Å²) in [5.74, 6) is -0.566. The van der Waals surface area contributed by atoms with E-state index < -0.39 is 11.6 Å². The van der Waals surface area contributed by atoms with Crippen molar-refractivity contribution < 1.29 is 8.78 Å². The number of pyridine rings is 1. The highest BCUT2D eigenvalue weighted by molar-refractivity contribution is 5.62. The van der Waals surface area contributed by atoms with E-state index in [2.05, 4.69) is 15.6 Å². The van der Waals surface area contributed by atoms with Gasteiger partial charge in [-0.05, 0) is 18.2 Å². The van der Waals surface area contributed by atoms with Crippen LogP contribution in [0, 0.1) is 11.6 Å². The predicted molar refractivity (Wildman–Crippen MR) is 63.4 cm³/mol. The molecule has 0 aliphatic rings. The number of benzene rings is 1. The first kappa shape index (κ1) is 11.3. The van der Waals surface area contributed by atoms with E-state index in [1.165, 1.54) is 12.1 Å². The number of nitrogens with one attached hydrogen (secondary N) is 2. The largest absolute Gasteiger partial charge is 0.373 e. The highest BCUT2D eigenvalue weighted by Crippen LogP contribution is 2.21. The van der Waals surface area contributed by atoms with Crippen molar-refractivity contribution in [3.63, 3.8) is 0 Å². The van der Waals surface area contributed by atoms with Crippen LogP contribution in [0.2, 0.25) is 0 Å². The number of aromatic nitrogens is 1. The molecule has 0 saturated heterocycles. The molecule has 2 rings (SSSR count). The quantitative estimate of drug-likeness (QED) is 0.858. The van der Waals surface area contributed by atoms with Gasteiger partial charge in [0, 0.05) is 31.1 Å². The molecule has 0 bridgehead atoms. The van der Waals surface area contributed by atoms with E-state index in [9.17, 15) is 8.78 Å². The van der Waals surface area contributed by atoms with E-state index in [0.29, 0.717) is 11.5 Å². The van der Waals surface area contributed by atoms with Crippen molar-refractivity contribution in [2.24, 2.45) is 0 Å². The fourth-order valence-corrected chi connectivity index (χ4v) is 1.39. The SMILES string of the molecule is CNc1cc(Nc2ccc(F)cc2F)ccn1. The van der Waals surface area contributed by atoms with Crippen LogP contribution in [-0.2, 0) is 0 Å². The zero-order valence-corrected chi connectivity index (χ0v) is 9.17. The van der Waals surface area contributed by atoms with Gasteiger partial charge in [-0.2, -0.15) is 0 Å². The highest BCUT2D eigenvalue weighted by Gasteiger charge is 2.04. The second kappa shape index (κ2) is 4.78. The van der Waals surface area contributed by atoms with Gasteiger partial charge >= 0.3 is 0 Å². The van der Waals surface area contributed by atoms with Crippen LogP contribution in [0.15, 0.2) is 36.5 Å². The van der Waals surface area contributed by atoms with Crippen molar-refractivity contribution in [2.75, 3.05) is 17.7 Å². The topological polar surface area (TPSA) is 37.0 Å². The molecule has 0 aliphatic heterocycles. The number of hydrogen-bond donors (Lipinski definition) is 2. The Morgan fingerprint density at radius 1 is 1.12 bits per heavy atom. The molecule has 0 aliphatic carbocycles. The lowest BCUT2D eigenvalue weighted by Gasteiger charge is -2.08. The van der Waals surface area contributed by atoms with E-state index in [1.54, 1.807) is 25.4 Å². The minimum absolute atomic E-state index is 0.222. The molecule has 0 fully saturated rings. The van der Waals surface area contributed by atoms with Crippen LogP contribution in [0.5, 0.6) is 0 Å². The molecule has 0 radical (unpaired) electrons. The van der Waals surface area contributed by atoms with Crippen LogP contribution in [-0.4, -0.2) is 12.0 Å². The van der Waals surface area contributed by atoms with E-state index in [4.69, 9.17) is 0 Å². The molecule has 0 atom stereocenters. The maximum absolute atomic E-state index is 13.4. The van der Waals surface area contributed by atoms with E-state index in [1.807, 2.05) is 0 Å². The smallest absolute Gasteiger partial charge is 0.149 e. The number of nitrogens with zero attached hydrogens (tertiary/aromatic N) is 1. The van der Waals surface area contributed by atoms with Crippen LogP contribution >= 0.6 is 0 Å². The summed E-state index contributed by atoms with van der Waals surface area (Å²) >= 11 is 0. The molecule has 88 valence electrons. The Hall–Kier alpha value is -2.17. The van der Waals surface area contributed by atoms with Gasteiger partial charge in [0.05, 0.1) is 5.69 Å². The van der Waals surface area contributed by atoms with Crippen LogP contribution in [0.25, 0.3) is 0 Å². The first-order valence-corrected chi connectivity index (χ1v) is 5.05. The van der Waals surface area contributed by atoms with Gasteiger partial charge in [-0.15, -0.1) is 0 Å². The van der Waals surface area contributed by atoms with Gasteiger partial charge in [0.25, 0.3) is 0 Å². The first-order valence-electron chi connectivity index (χ1n) is 5.05. The van der Waals surface area contributed by atoms with Gasteiger partial charge in [0.15, 0.2) is 0 Å². The lowest BCUT2D eigenvalue weighted by Crippen LogP contribution is -1.97. The summed E-state index contributed by atoms with van der Waals surface area (Å²) in [6.07, 6.45) is 1.59. The maximum atomic E-state index is 13.4. The minimum atomic E-state index is -0.632. The molecule has 17 heavy (non-hydrogen) atoms. The third-order valence-corrected chi connectivity index (χ3v) is 2.23. The standard InChI is InChI=1S/C12H11F2N3/c1-15-12-7-9(4-5-16-12)17-11-3-2-8(13)6-10(11)14/h2-7H,1H3,(H2,15,16,17). The van der Waals surface area contributed by atoms with Gasteiger partial charge in [0.2, 0.25) is 0 Å². The molecule has 0 unspecified atom stereocenters. The van der Waals surface area contributed by atoms with E-state index in [0.717, 1.165) is 6.07 Å². The number of rotatable bonds is 3. The number of hydrogen-bond acceptors (Lipinski definition) is 3. The summed E-state index contributed by atoms with van der Waals surface area (Å²) in [6.45, 7) is 0. The summed E-state index contributed by atoms with van der Waals surface area (Å²) in [6, 6.07) is 6.81. The van der Waals surface area contributed by atoms with Gasteiger partial charge < -0.3 is 10.6 Å². The van der Waals surface area contributed by atoms with Gasteiger partial charge in [0.1, 0.15) is 17.5 Å². The Morgan fingerprint density at radius 3 is 2.65 bits per heavy atom. The van der Waals surface area contributed by atoms with Crippen LogP contribution in [0.4, 0.5) is 26.0 Å². The van der Waals surface area contributed by atoms with Crippen molar-refractivity contribution >= 4 is 17.2 Å². The van der Waals surface area contributed by atoms with Crippen molar-refractivity contribution in [3.8, 4) is 0 Å². The zero-order chi connectivity index (χ0) is 12.3. The van der Waals surface area contributed by atoms with Crippen LogP contribution < -0.4 is 10.6 Å². The van der Waals surface area contributed by atoms with Crippen molar-refractivity contribution in [2.45, 2.75) is 0 Å².